The van der Waals surface area contributed by atoms with E-state index in [1.165, 1.54) is 17.2 Å². The number of carbonyl (C=O) groups excluding carboxylic acids is 2. The minimum atomic E-state index is -1.06. The molecule has 2 aromatic carbocycles. The summed E-state index contributed by atoms with van der Waals surface area (Å²) in [7, 11) is 0. The van der Waals surface area contributed by atoms with Gasteiger partial charge in [0.05, 0.1) is 12.1 Å². The highest BCUT2D eigenvalue weighted by Crippen LogP contribution is 2.19. The summed E-state index contributed by atoms with van der Waals surface area (Å²) in [4.78, 5) is 32.6. The molecule has 0 saturated carbocycles. The number of rotatable bonds is 4. The summed E-state index contributed by atoms with van der Waals surface area (Å²) in [5.41, 5.74) is 1.46. The minimum absolute atomic E-state index is 0.0877. The number of amides is 2. The Hall–Kier alpha value is -3.55. The van der Waals surface area contributed by atoms with E-state index in [1.54, 1.807) is 4.90 Å². The van der Waals surface area contributed by atoms with Gasteiger partial charge in [-0.15, -0.1) is 0 Å². The van der Waals surface area contributed by atoms with Crippen LogP contribution in [0.2, 0.25) is 0 Å². The zero-order valence-corrected chi connectivity index (χ0v) is 16.1. The summed E-state index contributed by atoms with van der Waals surface area (Å²) in [6, 6.07) is 12.5. The van der Waals surface area contributed by atoms with Crippen LogP contribution in [-0.2, 0) is 11.2 Å². The molecule has 1 aromatic heterocycles. The van der Waals surface area contributed by atoms with Gasteiger partial charge in [0, 0.05) is 37.3 Å². The van der Waals surface area contributed by atoms with Crippen molar-refractivity contribution < 1.29 is 22.8 Å². The first-order valence-electron chi connectivity index (χ1n) is 9.53. The van der Waals surface area contributed by atoms with E-state index >= 15 is 0 Å². The van der Waals surface area contributed by atoms with Crippen LogP contribution in [0.25, 0.3) is 11.5 Å². The molecule has 1 aliphatic rings. The van der Waals surface area contributed by atoms with E-state index < -0.39 is 11.6 Å². The van der Waals surface area contributed by atoms with Crippen molar-refractivity contribution in [3.8, 4) is 11.5 Å². The van der Waals surface area contributed by atoms with Crippen LogP contribution in [0.15, 0.2) is 59.2 Å². The number of halogens is 2. The van der Waals surface area contributed by atoms with E-state index in [0.29, 0.717) is 37.8 Å². The van der Waals surface area contributed by atoms with Crippen molar-refractivity contribution >= 4 is 11.8 Å². The highest BCUT2D eigenvalue weighted by molar-refractivity contribution is 5.94. The monoisotopic (exact) mass is 411 g/mol. The molecule has 0 spiro atoms. The number of piperazine rings is 1. The lowest BCUT2D eigenvalue weighted by Gasteiger charge is -2.34. The normalized spacial score (nSPS) is 14.1. The maximum atomic E-state index is 13.4. The minimum Gasteiger partial charge on any atom is -0.444 e. The fraction of sp³-hybridized carbons (Fsp3) is 0.227. The average Bonchev–Trinajstić information content (AvgIpc) is 3.24. The molecule has 2 amide bonds. The molecule has 1 fully saturated rings. The molecule has 0 radical (unpaired) electrons. The fourth-order valence-electron chi connectivity index (χ4n) is 3.34. The van der Waals surface area contributed by atoms with Crippen molar-refractivity contribution in [2.75, 3.05) is 26.2 Å². The molecular weight excluding hydrogens is 392 g/mol. The maximum absolute atomic E-state index is 13.4. The Morgan fingerprint density at radius 1 is 0.933 bits per heavy atom. The van der Waals surface area contributed by atoms with Gasteiger partial charge in [-0.2, -0.15) is 0 Å². The third kappa shape index (κ3) is 4.22. The number of hydrogen-bond donors (Lipinski definition) is 0. The lowest BCUT2D eigenvalue weighted by atomic mass is 10.1. The molecule has 0 atom stereocenters. The zero-order chi connectivity index (χ0) is 21.1. The lowest BCUT2D eigenvalue weighted by molar-refractivity contribution is -0.132. The van der Waals surface area contributed by atoms with Crippen molar-refractivity contribution in [3.05, 3.63) is 77.7 Å². The highest BCUT2D eigenvalue weighted by Gasteiger charge is 2.26. The number of oxazole rings is 1. The summed E-state index contributed by atoms with van der Waals surface area (Å²) in [6.45, 7) is 1.35. The second kappa shape index (κ2) is 8.44. The van der Waals surface area contributed by atoms with Crippen molar-refractivity contribution in [2.24, 2.45) is 0 Å². The van der Waals surface area contributed by atoms with E-state index in [-0.39, 0.29) is 23.8 Å². The molecule has 154 valence electrons. The molecule has 30 heavy (non-hydrogen) atoms. The first-order chi connectivity index (χ1) is 14.5. The van der Waals surface area contributed by atoms with Crippen LogP contribution in [0.3, 0.4) is 0 Å². The quantitative estimate of drug-likeness (QED) is 0.662. The Morgan fingerprint density at radius 3 is 2.33 bits per heavy atom. The van der Waals surface area contributed by atoms with Crippen LogP contribution in [-0.4, -0.2) is 52.8 Å². The second-order valence-electron chi connectivity index (χ2n) is 6.99. The number of hydrogen-bond acceptors (Lipinski definition) is 4. The molecule has 0 unspecified atom stereocenters. The number of nitrogens with zero attached hydrogens (tertiary/aromatic N) is 3. The molecule has 4 rings (SSSR count). The summed E-state index contributed by atoms with van der Waals surface area (Å²) in [6.07, 6.45) is 1.58. The van der Waals surface area contributed by atoms with Gasteiger partial charge < -0.3 is 14.2 Å². The Bertz CT molecular complexity index is 1060. The summed E-state index contributed by atoms with van der Waals surface area (Å²) in [5.74, 6) is -2.09. The van der Waals surface area contributed by atoms with Gasteiger partial charge in [-0.1, -0.05) is 18.2 Å². The van der Waals surface area contributed by atoms with Crippen molar-refractivity contribution in [3.63, 3.8) is 0 Å². The van der Waals surface area contributed by atoms with Crippen molar-refractivity contribution in [1.82, 2.24) is 14.8 Å². The largest absolute Gasteiger partial charge is 0.444 e. The lowest BCUT2D eigenvalue weighted by Crippen LogP contribution is -2.51. The van der Waals surface area contributed by atoms with Gasteiger partial charge >= 0.3 is 0 Å². The third-order valence-electron chi connectivity index (χ3n) is 4.99. The smallest absolute Gasteiger partial charge is 0.254 e. The van der Waals surface area contributed by atoms with Crippen molar-refractivity contribution in [1.29, 1.82) is 0 Å². The van der Waals surface area contributed by atoms with E-state index in [9.17, 15) is 18.4 Å². The molecule has 1 aliphatic heterocycles. The Labute approximate surface area is 171 Å². The number of benzene rings is 2. The Kier molecular flexibility index (Phi) is 5.56. The summed E-state index contributed by atoms with van der Waals surface area (Å²) < 4.78 is 31.9. The highest BCUT2D eigenvalue weighted by atomic mass is 19.2. The predicted octanol–water partition coefficient (Wildman–Crippen LogP) is 3.15. The maximum Gasteiger partial charge on any atom is 0.254 e. The van der Waals surface area contributed by atoms with Gasteiger partial charge in [0.25, 0.3) is 5.91 Å². The molecule has 1 saturated heterocycles. The van der Waals surface area contributed by atoms with Gasteiger partial charge in [0.2, 0.25) is 11.8 Å². The van der Waals surface area contributed by atoms with Crippen LogP contribution in [0.4, 0.5) is 8.78 Å². The zero-order valence-electron chi connectivity index (χ0n) is 16.1. The van der Waals surface area contributed by atoms with E-state index in [4.69, 9.17) is 4.42 Å². The first-order valence-corrected chi connectivity index (χ1v) is 9.53. The SMILES string of the molecule is O=C(Cc1coc(-c2ccccc2)n1)N1CCN(C(=O)c2ccc(F)c(F)c2)CC1. The van der Waals surface area contributed by atoms with Crippen molar-refractivity contribution in [2.45, 2.75) is 6.42 Å². The molecule has 0 bridgehead atoms. The van der Waals surface area contributed by atoms with E-state index in [0.717, 1.165) is 17.7 Å². The van der Waals surface area contributed by atoms with Gasteiger partial charge in [-0.05, 0) is 30.3 Å². The van der Waals surface area contributed by atoms with Gasteiger partial charge in [-0.25, -0.2) is 13.8 Å². The molecule has 8 heteroatoms. The molecule has 6 nitrogen and oxygen atoms in total. The van der Waals surface area contributed by atoms with Crippen LogP contribution in [0.5, 0.6) is 0 Å². The average molecular weight is 411 g/mol. The molecule has 2 heterocycles. The number of aromatic nitrogens is 1. The first kappa shape index (κ1) is 19.8. The molecule has 0 N–H and O–H groups in total. The molecule has 3 aromatic rings. The topological polar surface area (TPSA) is 66.7 Å². The number of carbonyl (C=O) groups is 2. The van der Waals surface area contributed by atoms with Crippen LogP contribution < -0.4 is 0 Å². The van der Waals surface area contributed by atoms with Gasteiger partial charge in [-0.3, -0.25) is 9.59 Å². The fourth-order valence-corrected chi connectivity index (χ4v) is 3.34. The van der Waals surface area contributed by atoms with E-state index in [2.05, 4.69) is 4.98 Å². The Morgan fingerprint density at radius 2 is 1.63 bits per heavy atom. The standard InChI is InChI=1S/C22H19F2N3O3/c23-18-7-6-16(12-19(18)24)22(29)27-10-8-26(9-11-27)20(28)13-17-14-30-21(25-17)15-4-2-1-3-5-15/h1-7,12,14H,8-11,13H2. The predicted molar refractivity (Wildman–Crippen MR) is 104 cm³/mol. The Balaban J connectivity index is 1.33. The molecule has 0 aliphatic carbocycles. The second-order valence-corrected chi connectivity index (χ2v) is 6.99. The third-order valence-corrected chi connectivity index (χ3v) is 4.99. The van der Waals surface area contributed by atoms with E-state index in [1.807, 2.05) is 30.3 Å². The van der Waals surface area contributed by atoms with Crippen LogP contribution in [0.1, 0.15) is 16.1 Å². The summed E-state index contributed by atoms with van der Waals surface area (Å²) in [5, 5.41) is 0. The summed E-state index contributed by atoms with van der Waals surface area (Å²) >= 11 is 0. The molecular formula is C22H19F2N3O3. The van der Waals surface area contributed by atoms with Crippen LogP contribution >= 0.6 is 0 Å². The van der Waals surface area contributed by atoms with Gasteiger partial charge in [0.1, 0.15) is 6.26 Å². The van der Waals surface area contributed by atoms with Gasteiger partial charge in [0.15, 0.2) is 11.6 Å². The van der Waals surface area contributed by atoms with Crippen LogP contribution in [0, 0.1) is 11.6 Å².